The van der Waals surface area contributed by atoms with Crippen molar-refractivity contribution in [3.05, 3.63) is 100 Å². The second kappa shape index (κ2) is 7.42. The average molecular weight is 505 g/mol. The lowest BCUT2D eigenvalue weighted by atomic mass is 9.54. The first-order chi connectivity index (χ1) is 16.7. The molecule has 3 amide bonds. The van der Waals surface area contributed by atoms with Gasteiger partial charge in [-0.25, -0.2) is 0 Å². The van der Waals surface area contributed by atoms with Gasteiger partial charge in [-0.3, -0.25) is 19.3 Å². The van der Waals surface area contributed by atoms with Crippen molar-refractivity contribution in [2.24, 2.45) is 11.8 Å². The minimum Gasteiger partial charge on any atom is -0.324 e. The molecule has 7 heteroatoms. The normalized spacial score (nSPS) is 27.9. The lowest BCUT2D eigenvalue weighted by Gasteiger charge is -2.54. The van der Waals surface area contributed by atoms with Crippen LogP contribution in [0.15, 0.2) is 66.7 Å². The summed E-state index contributed by atoms with van der Waals surface area (Å²) in [5.74, 6) is -3.22. The number of benzene rings is 3. The number of nitrogens with one attached hydrogen (secondary N) is 1. The topological polar surface area (TPSA) is 66.5 Å². The summed E-state index contributed by atoms with van der Waals surface area (Å²) in [5.41, 5.74) is 5.55. The molecule has 0 unspecified atom stereocenters. The molecule has 1 N–H and O–H groups in total. The number of alkyl halides is 2. The Balaban J connectivity index is 1.41. The van der Waals surface area contributed by atoms with Crippen molar-refractivity contribution in [3.63, 3.8) is 0 Å². The zero-order valence-electron chi connectivity index (χ0n) is 19.1. The number of likely N-dealkylation sites (tertiary alicyclic amines) is 1. The van der Waals surface area contributed by atoms with Crippen LogP contribution in [0.5, 0.6) is 0 Å². The molecule has 7 rings (SSSR count). The summed E-state index contributed by atoms with van der Waals surface area (Å²) < 4.78 is 0. The fraction of sp³-hybridized carbons (Fsp3) is 0.250. The molecule has 3 aromatic rings. The van der Waals surface area contributed by atoms with Gasteiger partial charge in [-0.1, -0.05) is 66.2 Å². The Kier molecular flexibility index (Phi) is 4.73. The number of hydrogen-bond donors (Lipinski definition) is 1. The number of carbonyl (C=O) groups is 3. The molecule has 1 aliphatic heterocycles. The number of carbonyl (C=O) groups excluding carboxylic acids is 3. The number of amides is 3. The number of aryl methyl sites for hydroxylation is 2. The van der Waals surface area contributed by atoms with Gasteiger partial charge >= 0.3 is 0 Å². The van der Waals surface area contributed by atoms with Gasteiger partial charge in [0.05, 0.1) is 11.8 Å². The summed E-state index contributed by atoms with van der Waals surface area (Å²) >= 11 is 14.8. The largest absolute Gasteiger partial charge is 0.324 e. The number of nitrogens with zero attached hydrogens (tertiary/aromatic N) is 1. The quantitative estimate of drug-likeness (QED) is 0.410. The van der Waals surface area contributed by atoms with Crippen LogP contribution in [0.1, 0.15) is 33.4 Å². The van der Waals surface area contributed by atoms with Crippen LogP contribution in [0.4, 0.5) is 5.69 Å². The highest BCUT2D eigenvalue weighted by Crippen LogP contribution is 2.69. The van der Waals surface area contributed by atoms with Gasteiger partial charge in [0.2, 0.25) is 17.7 Å². The molecular formula is C28H22Cl2N2O3. The van der Waals surface area contributed by atoms with Crippen molar-refractivity contribution in [2.75, 3.05) is 11.9 Å². The lowest BCUT2D eigenvalue weighted by Crippen LogP contribution is -2.57. The Labute approximate surface area is 213 Å². The number of rotatable bonds is 3. The molecule has 1 saturated heterocycles. The fourth-order valence-electron chi connectivity index (χ4n) is 6.17. The van der Waals surface area contributed by atoms with Gasteiger partial charge in [-0.15, -0.1) is 23.2 Å². The first-order valence-corrected chi connectivity index (χ1v) is 12.2. The van der Waals surface area contributed by atoms with Crippen molar-refractivity contribution in [3.8, 4) is 0 Å². The molecule has 35 heavy (non-hydrogen) atoms. The van der Waals surface area contributed by atoms with E-state index in [-0.39, 0.29) is 0 Å². The minimum atomic E-state index is -1.25. The van der Waals surface area contributed by atoms with E-state index in [9.17, 15) is 14.4 Å². The summed E-state index contributed by atoms with van der Waals surface area (Å²) in [6.45, 7) is 3.46. The van der Waals surface area contributed by atoms with Crippen LogP contribution in [-0.4, -0.2) is 29.2 Å². The first-order valence-electron chi connectivity index (χ1n) is 11.5. The van der Waals surface area contributed by atoms with E-state index >= 15 is 0 Å². The third kappa shape index (κ3) is 2.79. The van der Waals surface area contributed by atoms with Gasteiger partial charge in [0.25, 0.3) is 0 Å². The highest BCUT2D eigenvalue weighted by molar-refractivity contribution is 6.36. The molecule has 1 heterocycles. The Bertz CT molecular complexity index is 1330. The molecule has 0 radical (unpaired) electrons. The molecule has 4 aliphatic rings. The number of anilines is 1. The Morgan fingerprint density at radius 2 is 1.29 bits per heavy atom. The maximum Gasteiger partial charge on any atom is 0.244 e. The van der Waals surface area contributed by atoms with Gasteiger partial charge in [0.1, 0.15) is 16.3 Å². The van der Waals surface area contributed by atoms with Crippen LogP contribution in [0.25, 0.3) is 0 Å². The van der Waals surface area contributed by atoms with Crippen LogP contribution in [0.3, 0.4) is 0 Å². The molecule has 5 nitrogen and oxygen atoms in total. The zero-order valence-corrected chi connectivity index (χ0v) is 20.7. The maximum atomic E-state index is 13.8. The van der Waals surface area contributed by atoms with Crippen molar-refractivity contribution >= 4 is 46.6 Å². The molecule has 3 aliphatic carbocycles. The van der Waals surface area contributed by atoms with Crippen molar-refractivity contribution in [2.45, 2.75) is 23.6 Å². The number of imide groups is 1. The molecule has 3 aromatic carbocycles. The molecule has 0 saturated carbocycles. The predicted octanol–water partition coefficient (Wildman–Crippen LogP) is 4.84. The Morgan fingerprint density at radius 1 is 0.829 bits per heavy atom. The van der Waals surface area contributed by atoms with Crippen LogP contribution < -0.4 is 5.32 Å². The first kappa shape index (κ1) is 22.3. The second-order valence-corrected chi connectivity index (χ2v) is 10.8. The Hall–Kier alpha value is -3.15. The summed E-state index contributed by atoms with van der Waals surface area (Å²) in [4.78, 5) is 39.1. The van der Waals surface area contributed by atoms with E-state index in [1.807, 2.05) is 80.6 Å². The molecule has 2 atom stereocenters. The minimum absolute atomic E-state index is 0.398. The third-order valence-electron chi connectivity index (χ3n) is 7.63. The second-order valence-electron chi connectivity index (χ2n) is 9.60. The molecular weight excluding hydrogens is 483 g/mol. The zero-order chi connectivity index (χ0) is 24.7. The van der Waals surface area contributed by atoms with E-state index in [4.69, 9.17) is 23.2 Å². The molecule has 0 spiro atoms. The summed E-state index contributed by atoms with van der Waals surface area (Å²) in [7, 11) is 0. The molecule has 0 aromatic heterocycles. The third-order valence-corrected chi connectivity index (χ3v) is 8.92. The van der Waals surface area contributed by atoms with E-state index in [1.54, 1.807) is 0 Å². The monoisotopic (exact) mass is 504 g/mol. The van der Waals surface area contributed by atoms with Gasteiger partial charge in [0, 0.05) is 5.69 Å². The van der Waals surface area contributed by atoms with E-state index in [0.29, 0.717) is 5.69 Å². The van der Waals surface area contributed by atoms with E-state index in [1.165, 1.54) is 0 Å². The average Bonchev–Trinajstić information content (AvgIpc) is 3.10. The highest BCUT2D eigenvalue weighted by Gasteiger charge is 2.73. The summed E-state index contributed by atoms with van der Waals surface area (Å²) in [5, 5.41) is 2.83. The number of hydrogen-bond acceptors (Lipinski definition) is 3. The van der Waals surface area contributed by atoms with Crippen LogP contribution in [0, 0.1) is 25.7 Å². The van der Waals surface area contributed by atoms with Gasteiger partial charge in [-0.05, 0) is 47.7 Å². The Morgan fingerprint density at radius 3 is 1.71 bits per heavy atom. The number of halogens is 2. The molecule has 1 fully saturated rings. The summed E-state index contributed by atoms with van der Waals surface area (Å²) in [6.07, 6.45) is 0. The lowest BCUT2D eigenvalue weighted by molar-refractivity contribution is -0.142. The standard InChI is InChI=1S/C28H22Cl2N2O3/c1-15-11-12-21(16(2)13-15)31-22(33)14-32-25(34)23-24(26(32)35)28(30)18-8-4-3-7-17(18)27(23,29)19-9-5-6-10-20(19)28/h3-13,23-24H,14H2,1-2H3,(H,31,33)/t23-,24+,27?,28?. The van der Waals surface area contributed by atoms with Gasteiger partial charge in [-0.2, -0.15) is 0 Å². The van der Waals surface area contributed by atoms with Crippen molar-refractivity contribution in [1.29, 1.82) is 0 Å². The van der Waals surface area contributed by atoms with E-state index in [2.05, 4.69) is 5.32 Å². The fourth-order valence-corrected chi connectivity index (χ4v) is 7.27. The van der Waals surface area contributed by atoms with Crippen LogP contribution in [-0.2, 0) is 24.1 Å². The van der Waals surface area contributed by atoms with Crippen LogP contribution in [0.2, 0.25) is 0 Å². The maximum absolute atomic E-state index is 13.8. The van der Waals surface area contributed by atoms with E-state index in [0.717, 1.165) is 38.3 Å². The van der Waals surface area contributed by atoms with Gasteiger partial charge in [0.15, 0.2) is 0 Å². The van der Waals surface area contributed by atoms with Crippen molar-refractivity contribution < 1.29 is 14.4 Å². The molecule has 176 valence electrons. The van der Waals surface area contributed by atoms with E-state index < -0.39 is 45.9 Å². The molecule has 2 bridgehead atoms. The SMILES string of the molecule is Cc1ccc(NC(=O)CN2C(=O)[C@@H]3[C@H](C2=O)C2(Cl)c4ccccc4C3(Cl)c3ccccc32)c(C)c1. The predicted molar refractivity (Wildman–Crippen MR) is 134 cm³/mol. The smallest absolute Gasteiger partial charge is 0.244 e. The van der Waals surface area contributed by atoms with Gasteiger partial charge < -0.3 is 5.32 Å². The van der Waals surface area contributed by atoms with Crippen LogP contribution >= 0.6 is 23.2 Å². The highest BCUT2D eigenvalue weighted by atomic mass is 35.5. The summed E-state index contributed by atoms with van der Waals surface area (Å²) in [6, 6.07) is 20.6. The van der Waals surface area contributed by atoms with Crippen molar-refractivity contribution in [1.82, 2.24) is 4.90 Å².